The van der Waals surface area contributed by atoms with Crippen LogP contribution in [0, 0.1) is 0 Å². The molecule has 2 N–H and O–H groups in total. The summed E-state index contributed by atoms with van der Waals surface area (Å²) in [5, 5.41) is 0. The monoisotopic (exact) mass is 277 g/mol. The third-order valence-corrected chi connectivity index (χ3v) is 4.04. The molecule has 0 spiro atoms. The molecule has 1 aromatic heterocycles. The predicted molar refractivity (Wildman–Crippen MR) is 82.9 cm³/mol. The summed E-state index contributed by atoms with van der Waals surface area (Å²) in [6.07, 6.45) is 5.69. The zero-order chi connectivity index (χ0) is 14.5. The number of rotatable bonds is 5. The SMILES string of the molecule is CCC(N)Cc1cnc(N2CCN(C(C)C)CC2)nc1. The van der Waals surface area contributed by atoms with Crippen LogP contribution in [0.4, 0.5) is 5.95 Å². The number of hydrogen-bond acceptors (Lipinski definition) is 5. The minimum atomic E-state index is 0.207. The second kappa shape index (κ2) is 6.99. The lowest BCUT2D eigenvalue weighted by molar-refractivity contribution is 0.208. The molecule has 0 amide bonds. The van der Waals surface area contributed by atoms with E-state index in [1.807, 2.05) is 12.4 Å². The average molecular weight is 277 g/mol. The maximum atomic E-state index is 5.96. The van der Waals surface area contributed by atoms with Gasteiger partial charge in [-0.2, -0.15) is 0 Å². The Hall–Kier alpha value is -1.20. The van der Waals surface area contributed by atoms with Crippen LogP contribution < -0.4 is 10.6 Å². The molecule has 1 aliphatic heterocycles. The molecule has 0 radical (unpaired) electrons. The Morgan fingerprint density at radius 1 is 1.15 bits per heavy atom. The molecular formula is C15H27N5. The molecule has 0 bridgehead atoms. The van der Waals surface area contributed by atoms with Crippen molar-refractivity contribution in [2.75, 3.05) is 31.1 Å². The maximum absolute atomic E-state index is 5.96. The van der Waals surface area contributed by atoms with Crippen LogP contribution in [0.25, 0.3) is 0 Å². The smallest absolute Gasteiger partial charge is 0.225 e. The van der Waals surface area contributed by atoms with Crippen LogP contribution in [-0.4, -0.2) is 53.1 Å². The van der Waals surface area contributed by atoms with Crippen LogP contribution in [0.1, 0.15) is 32.8 Å². The number of hydrogen-bond donors (Lipinski definition) is 1. The molecule has 1 aliphatic rings. The van der Waals surface area contributed by atoms with Crippen molar-refractivity contribution < 1.29 is 0 Å². The van der Waals surface area contributed by atoms with Gasteiger partial charge in [0.05, 0.1) is 0 Å². The van der Waals surface area contributed by atoms with Crippen LogP contribution in [-0.2, 0) is 6.42 Å². The summed E-state index contributed by atoms with van der Waals surface area (Å²) in [5.74, 6) is 0.849. The first-order chi connectivity index (χ1) is 9.60. The lowest BCUT2D eigenvalue weighted by Gasteiger charge is -2.36. The molecule has 0 aromatic carbocycles. The van der Waals surface area contributed by atoms with Crippen molar-refractivity contribution in [1.82, 2.24) is 14.9 Å². The predicted octanol–water partition coefficient (Wildman–Crippen LogP) is 1.29. The normalized spacial score (nSPS) is 18.6. The molecule has 1 atom stereocenters. The fourth-order valence-corrected chi connectivity index (χ4v) is 2.50. The number of anilines is 1. The Morgan fingerprint density at radius 3 is 2.25 bits per heavy atom. The minimum Gasteiger partial charge on any atom is -0.338 e. The van der Waals surface area contributed by atoms with E-state index < -0.39 is 0 Å². The quantitative estimate of drug-likeness (QED) is 0.879. The lowest BCUT2D eigenvalue weighted by atomic mass is 10.1. The molecule has 112 valence electrons. The van der Waals surface area contributed by atoms with Gasteiger partial charge >= 0.3 is 0 Å². The summed E-state index contributed by atoms with van der Waals surface area (Å²) in [6.45, 7) is 10.8. The number of nitrogens with zero attached hydrogens (tertiary/aromatic N) is 4. The summed E-state index contributed by atoms with van der Waals surface area (Å²) in [5.41, 5.74) is 7.09. The maximum Gasteiger partial charge on any atom is 0.225 e. The molecule has 5 nitrogen and oxygen atoms in total. The molecule has 2 rings (SSSR count). The molecule has 0 saturated carbocycles. The lowest BCUT2D eigenvalue weighted by Crippen LogP contribution is -2.49. The highest BCUT2D eigenvalue weighted by Crippen LogP contribution is 2.13. The highest BCUT2D eigenvalue weighted by Gasteiger charge is 2.20. The van der Waals surface area contributed by atoms with Crippen LogP contribution in [0.2, 0.25) is 0 Å². The first-order valence-corrected chi connectivity index (χ1v) is 7.65. The summed E-state index contributed by atoms with van der Waals surface area (Å²) >= 11 is 0. The van der Waals surface area contributed by atoms with Gasteiger partial charge in [-0.05, 0) is 32.3 Å². The van der Waals surface area contributed by atoms with E-state index in [4.69, 9.17) is 5.73 Å². The topological polar surface area (TPSA) is 58.3 Å². The van der Waals surface area contributed by atoms with Crippen LogP contribution in [0.5, 0.6) is 0 Å². The van der Waals surface area contributed by atoms with Crippen molar-refractivity contribution in [1.29, 1.82) is 0 Å². The van der Waals surface area contributed by atoms with Crippen molar-refractivity contribution in [3.8, 4) is 0 Å². The van der Waals surface area contributed by atoms with Gasteiger partial charge < -0.3 is 10.6 Å². The number of aromatic nitrogens is 2. The highest BCUT2D eigenvalue weighted by atomic mass is 15.3. The van der Waals surface area contributed by atoms with Crippen molar-refractivity contribution in [2.45, 2.75) is 45.7 Å². The van der Waals surface area contributed by atoms with Gasteiger partial charge in [-0.25, -0.2) is 9.97 Å². The summed E-state index contributed by atoms with van der Waals surface area (Å²) < 4.78 is 0. The molecule has 1 aromatic rings. The summed E-state index contributed by atoms with van der Waals surface area (Å²) in [4.78, 5) is 13.8. The van der Waals surface area contributed by atoms with E-state index >= 15 is 0 Å². The van der Waals surface area contributed by atoms with E-state index in [-0.39, 0.29) is 6.04 Å². The first kappa shape index (κ1) is 15.2. The summed E-state index contributed by atoms with van der Waals surface area (Å²) in [7, 11) is 0. The average Bonchev–Trinajstić information content (AvgIpc) is 2.48. The first-order valence-electron chi connectivity index (χ1n) is 7.65. The van der Waals surface area contributed by atoms with Crippen molar-refractivity contribution in [2.24, 2.45) is 5.73 Å². The molecule has 1 unspecified atom stereocenters. The minimum absolute atomic E-state index is 0.207. The van der Waals surface area contributed by atoms with E-state index in [9.17, 15) is 0 Å². The van der Waals surface area contributed by atoms with Crippen LogP contribution in [0.15, 0.2) is 12.4 Å². The van der Waals surface area contributed by atoms with Crippen LogP contribution >= 0.6 is 0 Å². The Labute approximate surface area is 122 Å². The van der Waals surface area contributed by atoms with Crippen molar-refractivity contribution in [3.63, 3.8) is 0 Å². The molecular weight excluding hydrogens is 250 g/mol. The number of piperazine rings is 1. The van der Waals surface area contributed by atoms with Gasteiger partial charge in [-0.15, -0.1) is 0 Å². The number of nitrogens with two attached hydrogens (primary N) is 1. The molecule has 1 fully saturated rings. The Morgan fingerprint density at radius 2 is 1.75 bits per heavy atom. The van der Waals surface area contributed by atoms with Gasteiger partial charge in [-0.3, -0.25) is 4.90 Å². The molecule has 2 heterocycles. The Bertz CT molecular complexity index is 395. The van der Waals surface area contributed by atoms with Crippen molar-refractivity contribution >= 4 is 5.95 Å². The van der Waals surface area contributed by atoms with Gasteiger partial charge in [0, 0.05) is 50.7 Å². The van der Waals surface area contributed by atoms with E-state index in [2.05, 4.69) is 40.5 Å². The third-order valence-electron chi connectivity index (χ3n) is 4.04. The van der Waals surface area contributed by atoms with Gasteiger partial charge in [0.1, 0.15) is 0 Å². The molecule has 0 aliphatic carbocycles. The van der Waals surface area contributed by atoms with Gasteiger partial charge in [0.25, 0.3) is 0 Å². The van der Waals surface area contributed by atoms with E-state index in [0.29, 0.717) is 6.04 Å². The van der Waals surface area contributed by atoms with Gasteiger partial charge in [-0.1, -0.05) is 6.92 Å². The third kappa shape index (κ3) is 3.90. The van der Waals surface area contributed by atoms with Gasteiger partial charge in [0.2, 0.25) is 5.95 Å². The second-order valence-electron chi connectivity index (χ2n) is 5.88. The fraction of sp³-hybridized carbons (Fsp3) is 0.733. The van der Waals surface area contributed by atoms with Gasteiger partial charge in [0.15, 0.2) is 0 Å². The summed E-state index contributed by atoms with van der Waals surface area (Å²) in [6, 6.07) is 0.829. The molecule has 20 heavy (non-hydrogen) atoms. The zero-order valence-electron chi connectivity index (χ0n) is 12.9. The largest absolute Gasteiger partial charge is 0.338 e. The Balaban J connectivity index is 1.91. The molecule has 1 saturated heterocycles. The standard InChI is InChI=1S/C15H27N5/c1-4-14(16)9-13-10-17-15(18-11-13)20-7-5-19(6-8-20)12(2)3/h10-12,14H,4-9,16H2,1-3H3. The van der Waals surface area contributed by atoms with E-state index in [1.165, 1.54) is 0 Å². The Kier molecular flexibility index (Phi) is 5.31. The van der Waals surface area contributed by atoms with Crippen molar-refractivity contribution in [3.05, 3.63) is 18.0 Å². The fourth-order valence-electron chi connectivity index (χ4n) is 2.50. The zero-order valence-corrected chi connectivity index (χ0v) is 12.9. The van der Waals surface area contributed by atoms with E-state index in [1.54, 1.807) is 0 Å². The second-order valence-corrected chi connectivity index (χ2v) is 5.88. The molecule has 5 heteroatoms. The van der Waals surface area contributed by atoms with E-state index in [0.717, 1.165) is 50.5 Å². The highest BCUT2D eigenvalue weighted by molar-refractivity contribution is 5.30. The van der Waals surface area contributed by atoms with Crippen LogP contribution in [0.3, 0.4) is 0 Å².